The Balaban J connectivity index is 1.35. The van der Waals surface area contributed by atoms with Gasteiger partial charge in [-0.3, -0.25) is 9.59 Å². The summed E-state index contributed by atoms with van der Waals surface area (Å²) in [6.07, 6.45) is -0.873. The summed E-state index contributed by atoms with van der Waals surface area (Å²) in [5.41, 5.74) is 3.36. The summed E-state index contributed by atoms with van der Waals surface area (Å²) in [7, 11) is 0. The molecule has 2 heterocycles. The van der Waals surface area contributed by atoms with Crippen LogP contribution in [0, 0.1) is 0 Å². The minimum absolute atomic E-state index is 0.134. The van der Waals surface area contributed by atoms with E-state index in [1.54, 1.807) is 59.4 Å². The molecule has 0 saturated heterocycles. The van der Waals surface area contributed by atoms with Gasteiger partial charge in [-0.15, -0.1) is 0 Å². The second kappa shape index (κ2) is 11.2. The van der Waals surface area contributed by atoms with Crippen LogP contribution in [0.15, 0.2) is 79.1 Å². The molecule has 0 atom stereocenters. The molecule has 12 heteroatoms. The standard InChI is InChI=1S/C31H26F3N7O2/c1-18(42)36-23-10-12-24(13-11-23)37-28-26-29(41(17-35-26)16-19-2-8-22(9-3-19)31(32,33)34)40-27(39-28)20-4-6-21(7-5-20)30(43)38-25-14-15-25/h2-13,17,25H,14-16H2,1H3,(H,36,42)(H,38,43)(H,37,39,40). The van der Waals surface area contributed by atoms with Gasteiger partial charge < -0.3 is 20.5 Å². The molecule has 1 saturated carbocycles. The van der Waals surface area contributed by atoms with Crippen molar-refractivity contribution in [1.29, 1.82) is 0 Å². The molecule has 2 amide bonds. The lowest BCUT2D eigenvalue weighted by Gasteiger charge is -2.12. The van der Waals surface area contributed by atoms with Gasteiger partial charge in [0.25, 0.3) is 5.91 Å². The minimum atomic E-state index is -4.42. The number of carbonyl (C=O) groups excluding carboxylic acids is 2. The van der Waals surface area contributed by atoms with Crippen molar-refractivity contribution in [3.8, 4) is 11.4 Å². The van der Waals surface area contributed by atoms with Crippen LogP contribution in [0.5, 0.6) is 0 Å². The first-order valence-corrected chi connectivity index (χ1v) is 13.6. The lowest BCUT2D eigenvalue weighted by molar-refractivity contribution is -0.137. The highest BCUT2D eigenvalue weighted by molar-refractivity contribution is 5.95. The number of benzene rings is 3. The Morgan fingerprint density at radius 2 is 1.58 bits per heavy atom. The lowest BCUT2D eigenvalue weighted by Crippen LogP contribution is -2.25. The zero-order valence-corrected chi connectivity index (χ0v) is 22.9. The molecular formula is C31H26F3N7O2. The van der Waals surface area contributed by atoms with E-state index >= 15 is 0 Å². The van der Waals surface area contributed by atoms with Crippen LogP contribution in [-0.2, 0) is 17.5 Å². The van der Waals surface area contributed by atoms with Crippen LogP contribution in [0.3, 0.4) is 0 Å². The van der Waals surface area contributed by atoms with Gasteiger partial charge >= 0.3 is 6.18 Å². The Labute approximate surface area is 244 Å². The van der Waals surface area contributed by atoms with Crippen molar-refractivity contribution in [2.24, 2.45) is 0 Å². The van der Waals surface area contributed by atoms with Crippen LogP contribution in [-0.4, -0.2) is 37.4 Å². The number of anilines is 3. The predicted molar refractivity (Wildman–Crippen MR) is 156 cm³/mol. The normalized spacial score (nSPS) is 13.1. The topological polar surface area (TPSA) is 114 Å². The summed E-state index contributed by atoms with van der Waals surface area (Å²) in [6.45, 7) is 1.66. The van der Waals surface area contributed by atoms with E-state index in [1.807, 2.05) is 0 Å². The van der Waals surface area contributed by atoms with E-state index in [1.165, 1.54) is 19.1 Å². The molecule has 3 N–H and O–H groups in total. The third-order valence-corrected chi connectivity index (χ3v) is 6.88. The van der Waals surface area contributed by atoms with E-state index in [9.17, 15) is 22.8 Å². The molecule has 0 spiro atoms. The molecule has 0 radical (unpaired) electrons. The van der Waals surface area contributed by atoms with Gasteiger partial charge in [-0.2, -0.15) is 13.2 Å². The quantitative estimate of drug-likeness (QED) is 0.201. The summed E-state index contributed by atoms with van der Waals surface area (Å²) in [5, 5.41) is 8.96. The number of hydrogen-bond acceptors (Lipinski definition) is 6. The Morgan fingerprint density at radius 1 is 0.907 bits per heavy atom. The third-order valence-electron chi connectivity index (χ3n) is 6.88. The molecule has 43 heavy (non-hydrogen) atoms. The van der Waals surface area contributed by atoms with Crippen LogP contribution >= 0.6 is 0 Å². The Kier molecular flexibility index (Phi) is 7.26. The molecule has 5 aromatic rings. The van der Waals surface area contributed by atoms with Gasteiger partial charge in [0.05, 0.1) is 18.4 Å². The van der Waals surface area contributed by atoms with Gasteiger partial charge in [0, 0.05) is 35.5 Å². The van der Waals surface area contributed by atoms with Crippen LogP contribution < -0.4 is 16.0 Å². The van der Waals surface area contributed by atoms with Crippen molar-refractivity contribution in [3.63, 3.8) is 0 Å². The number of aromatic nitrogens is 4. The fourth-order valence-electron chi connectivity index (χ4n) is 4.52. The highest BCUT2D eigenvalue weighted by Crippen LogP contribution is 2.31. The number of rotatable bonds is 8. The van der Waals surface area contributed by atoms with Crippen molar-refractivity contribution in [3.05, 3.63) is 95.8 Å². The maximum atomic E-state index is 13.1. The molecule has 1 fully saturated rings. The first-order valence-electron chi connectivity index (χ1n) is 13.6. The minimum Gasteiger partial charge on any atom is -0.349 e. The van der Waals surface area contributed by atoms with Gasteiger partial charge in [0.1, 0.15) is 0 Å². The molecule has 1 aliphatic carbocycles. The SMILES string of the molecule is CC(=O)Nc1ccc(Nc2nc(-c3ccc(C(=O)NC4CC4)cc3)nc3c2ncn3Cc2ccc(C(F)(F)F)cc2)cc1. The van der Waals surface area contributed by atoms with E-state index in [2.05, 4.69) is 20.9 Å². The Hall–Kier alpha value is -5.26. The molecular weight excluding hydrogens is 559 g/mol. The fraction of sp³-hybridized carbons (Fsp3) is 0.194. The molecule has 3 aromatic carbocycles. The zero-order chi connectivity index (χ0) is 30.1. The van der Waals surface area contributed by atoms with E-state index in [0.29, 0.717) is 50.9 Å². The average molecular weight is 586 g/mol. The Bertz CT molecular complexity index is 1800. The highest BCUT2D eigenvalue weighted by atomic mass is 19.4. The first-order chi connectivity index (χ1) is 20.6. The van der Waals surface area contributed by atoms with Crippen LogP contribution in [0.1, 0.15) is 41.3 Å². The van der Waals surface area contributed by atoms with E-state index < -0.39 is 11.7 Å². The van der Waals surface area contributed by atoms with Gasteiger partial charge in [0.2, 0.25) is 5.91 Å². The number of nitrogens with one attached hydrogen (secondary N) is 3. The molecule has 1 aliphatic rings. The maximum Gasteiger partial charge on any atom is 0.416 e. The van der Waals surface area contributed by atoms with E-state index in [0.717, 1.165) is 25.0 Å². The monoisotopic (exact) mass is 585 g/mol. The van der Waals surface area contributed by atoms with Gasteiger partial charge in [-0.05, 0) is 66.9 Å². The summed E-state index contributed by atoms with van der Waals surface area (Å²) in [4.78, 5) is 37.9. The molecule has 0 unspecified atom stereocenters. The predicted octanol–water partition coefficient (Wildman–Crippen LogP) is 6.15. The van der Waals surface area contributed by atoms with Crippen LogP contribution in [0.4, 0.5) is 30.4 Å². The summed E-state index contributed by atoms with van der Waals surface area (Å²) < 4.78 is 40.9. The number of amides is 2. The number of carbonyl (C=O) groups is 2. The Morgan fingerprint density at radius 3 is 2.21 bits per heavy atom. The number of halogens is 3. The van der Waals surface area contributed by atoms with Crippen molar-refractivity contribution < 1.29 is 22.8 Å². The number of nitrogens with zero attached hydrogens (tertiary/aromatic N) is 4. The van der Waals surface area contributed by atoms with Gasteiger partial charge in [0.15, 0.2) is 22.8 Å². The van der Waals surface area contributed by atoms with E-state index in [-0.39, 0.29) is 24.4 Å². The second-order valence-corrected chi connectivity index (χ2v) is 10.3. The fourth-order valence-corrected chi connectivity index (χ4v) is 4.52. The zero-order valence-electron chi connectivity index (χ0n) is 22.9. The molecule has 0 bridgehead atoms. The smallest absolute Gasteiger partial charge is 0.349 e. The molecule has 218 valence electrons. The molecule has 9 nitrogen and oxygen atoms in total. The van der Waals surface area contributed by atoms with Crippen LogP contribution in [0.2, 0.25) is 0 Å². The van der Waals surface area contributed by atoms with E-state index in [4.69, 9.17) is 9.97 Å². The lowest BCUT2D eigenvalue weighted by atomic mass is 10.1. The van der Waals surface area contributed by atoms with Crippen molar-refractivity contribution in [1.82, 2.24) is 24.8 Å². The number of alkyl halides is 3. The highest BCUT2D eigenvalue weighted by Gasteiger charge is 2.30. The first kappa shape index (κ1) is 27.9. The average Bonchev–Trinajstić information content (AvgIpc) is 3.71. The van der Waals surface area contributed by atoms with Crippen molar-refractivity contribution in [2.45, 2.75) is 38.5 Å². The molecule has 6 rings (SSSR count). The largest absolute Gasteiger partial charge is 0.416 e. The van der Waals surface area contributed by atoms with Crippen molar-refractivity contribution in [2.75, 3.05) is 10.6 Å². The molecule has 2 aromatic heterocycles. The second-order valence-electron chi connectivity index (χ2n) is 10.3. The number of fused-ring (bicyclic) bond motifs is 1. The summed E-state index contributed by atoms with van der Waals surface area (Å²) in [5.74, 6) is 0.463. The van der Waals surface area contributed by atoms with Gasteiger partial charge in [-0.25, -0.2) is 15.0 Å². The number of imidazole rings is 1. The third kappa shape index (κ3) is 6.48. The maximum absolute atomic E-state index is 13.1. The van der Waals surface area contributed by atoms with Crippen molar-refractivity contribution >= 4 is 40.2 Å². The van der Waals surface area contributed by atoms with Crippen LogP contribution in [0.25, 0.3) is 22.6 Å². The van der Waals surface area contributed by atoms with Gasteiger partial charge in [-0.1, -0.05) is 24.3 Å². The summed E-state index contributed by atoms with van der Waals surface area (Å²) >= 11 is 0. The molecule has 0 aliphatic heterocycles. The summed E-state index contributed by atoms with van der Waals surface area (Å²) in [6, 6.07) is 19.2. The number of hydrogen-bond donors (Lipinski definition) is 3.